The fourth-order valence-electron chi connectivity index (χ4n) is 2.06. The third-order valence-electron chi connectivity index (χ3n) is 3.52. The lowest BCUT2D eigenvalue weighted by atomic mass is 10.1. The minimum atomic E-state index is -0.220. The number of aryl methyl sites for hydroxylation is 2. The van der Waals surface area contributed by atoms with Crippen molar-refractivity contribution in [3.05, 3.63) is 53.6 Å². The molecule has 5 heteroatoms. The number of ether oxygens (including phenoxy) is 3. The van der Waals surface area contributed by atoms with Crippen molar-refractivity contribution >= 4 is 11.6 Å². The molecule has 5 nitrogen and oxygen atoms in total. The van der Waals surface area contributed by atoms with Gasteiger partial charge in [-0.25, -0.2) is 0 Å². The van der Waals surface area contributed by atoms with Crippen LogP contribution < -0.4 is 14.8 Å². The lowest BCUT2D eigenvalue weighted by Gasteiger charge is -2.10. The highest BCUT2D eigenvalue weighted by atomic mass is 16.5. The Balaban J connectivity index is 1.85. The number of anilines is 1. The fraction of sp³-hybridized carbons (Fsp3) is 0.316. The van der Waals surface area contributed by atoms with E-state index in [1.165, 1.54) is 5.56 Å². The summed E-state index contributed by atoms with van der Waals surface area (Å²) in [7, 11) is 1.62. The van der Waals surface area contributed by atoms with Gasteiger partial charge in [0, 0.05) is 18.9 Å². The number of rotatable bonds is 8. The van der Waals surface area contributed by atoms with Crippen LogP contribution in [-0.4, -0.2) is 32.8 Å². The van der Waals surface area contributed by atoms with Gasteiger partial charge in [-0.1, -0.05) is 12.1 Å². The molecule has 0 spiro atoms. The largest absolute Gasteiger partial charge is 0.491 e. The third-order valence-corrected chi connectivity index (χ3v) is 3.52. The molecule has 0 aliphatic carbocycles. The Morgan fingerprint density at radius 1 is 0.958 bits per heavy atom. The van der Waals surface area contributed by atoms with Crippen LogP contribution in [0.1, 0.15) is 11.1 Å². The zero-order chi connectivity index (χ0) is 17.4. The number of nitrogens with one attached hydrogen (secondary N) is 1. The second-order valence-corrected chi connectivity index (χ2v) is 5.45. The molecule has 2 aromatic carbocycles. The molecule has 0 unspecified atom stereocenters. The molecule has 128 valence electrons. The number of hydrogen-bond donors (Lipinski definition) is 1. The average Bonchev–Trinajstić information content (AvgIpc) is 2.57. The molecule has 0 aliphatic heterocycles. The molecule has 0 bridgehead atoms. The van der Waals surface area contributed by atoms with E-state index >= 15 is 0 Å². The molecular formula is C19H23NO4. The first-order valence-corrected chi connectivity index (χ1v) is 7.80. The highest BCUT2D eigenvalue weighted by Crippen LogP contribution is 2.18. The summed E-state index contributed by atoms with van der Waals surface area (Å²) in [6, 6.07) is 13.0. The summed E-state index contributed by atoms with van der Waals surface area (Å²) in [5, 5.41) is 2.79. The monoisotopic (exact) mass is 329 g/mol. The van der Waals surface area contributed by atoms with Crippen molar-refractivity contribution in [1.82, 2.24) is 0 Å². The Bertz CT molecular complexity index is 685. The Morgan fingerprint density at radius 3 is 2.50 bits per heavy atom. The second-order valence-electron chi connectivity index (χ2n) is 5.45. The van der Waals surface area contributed by atoms with E-state index in [2.05, 4.69) is 5.32 Å². The lowest BCUT2D eigenvalue weighted by Crippen LogP contribution is -2.20. The maximum absolute atomic E-state index is 12.0. The van der Waals surface area contributed by atoms with Crippen LogP contribution in [0.15, 0.2) is 42.5 Å². The van der Waals surface area contributed by atoms with E-state index in [1.807, 2.05) is 44.2 Å². The molecule has 0 fully saturated rings. The summed E-state index contributed by atoms with van der Waals surface area (Å²) in [5.74, 6) is 1.15. The molecule has 0 aliphatic rings. The van der Waals surface area contributed by atoms with E-state index in [4.69, 9.17) is 14.2 Å². The summed E-state index contributed by atoms with van der Waals surface area (Å²) in [6.45, 7) is 4.98. The predicted molar refractivity (Wildman–Crippen MR) is 93.9 cm³/mol. The van der Waals surface area contributed by atoms with Crippen LogP contribution in [0.4, 0.5) is 5.69 Å². The zero-order valence-electron chi connectivity index (χ0n) is 14.3. The molecular weight excluding hydrogens is 306 g/mol. The first kappa shape index (κ1) is 17.8. The van der Waals surface area contributed by atoms with Crippen LogP contribution in [0.5, 0.6) is 11.5 Å². The van der Waals surface area contributed by atoms with Crippen LogP contribution in [0, 0.1) is 13.8 Å². The lowest BCUT2D eigenvalue weighted by molar-refractivity contribution is -0.118. The average molecular weight is 329 g/mol. The van der Waals surface area contributed by atoms with Gasteiger partial charge in [0.25, 0.3) is 5.91 Å². The number of methoxy groups -OCH3 is 1. The molecule has 24 heavy (non-hydrogen) atoms. The predicted octanol–water partition coefficient (Wildman–Crippen LogP) is 3.35. The van der Waals surface area contributed by atoms with Gasteiger partial charge in [-0.2, -0.15) is 0 Å². The normalized spacial score (nSPS) is 10.3. The van der Waals surface area contributed by atoms with Gasteiger partial charge in [0.05, 0.1) is 6.61 Å². The Morgan fingerprint density at radius 2 is 1.75 bits per heavy atom. The van der Waals surface area contributed by atoms with Gasteiger partial charge in [0.2, 0.25) is 0 Å². The van der Waals surface area contributed by atoms with E-state index in [1.54, 1.807) is 19.2 Å². The molecule has 0 saturated heterocycles. The number of hydrogen-bond acceptors (Lipinski definition) is 4. The van der Waals surface area contributed by atoms with Crippen LogP contribution in [0.25, 0.3) is 0 Å². The number of benzene rings is 2. The number of carbonyl (C=O) groups excluding carboxylic acids is 1. The molecule has 2 rings (SSSR count). The van der Waals surface area contributed by atoms with Crippen molar-refractivity contribution in [3.8, 4) is 11.5 Å². The van der Waals surface area contributed by atoms with E-state index in [0.717, 1.165) is 5.56 Å². The van der Waals surface area contributed by atoms with Gasteiger partial charge < -0.3 is 19.5 Å². The van der Waals surface area contributed by atoms with Crippen molar-refractivity contribution in [3.63, 3.8) is 0 Å². The molecule has 0 atom stereocenters. The second kappa shape index (κ2) is 8.93. The molecule has 0 saturated carbocycles. The van der Waals surface area contributed by atoms with Gasteiger partial charge in [0.15, 0.2) is 6.61 Å². The maximum atomic E-state index is 12.0. The highest BCUT2D eigenvalue weighted by molar-refractivity contribution is 5.92. The summed E-state index contributed by atoms with van der Waals surface area (Å²) in [6.07, 6.45) is 0. The maximum Gasteiger partial charge on any atom is 0.262 e. The SMILES string of the molecule is COCCOc1cccc(NC(=O)COc2ccc(C)c(C)c2)c1. The van der Waals surface area contributed by atoms with Crippen LogP contribution in [-0.2, 0) is 9.53 Å². The minimum absolute atomic E-state index is 0.0444. The Labute approximate surface area is 142 Å². The third kappa shape index (κ3) is 5.59. The summed E-state index contributed by atoms with van der Waals surface area (Å²) in [4.78, 5) is 12.0. The van der Waals surface area contributed by atoms with Gasteiger partial charge in [-0.3, -0.25) is 4.79 Å². The number of carbonyl (C=O) groups is 1. The van der Waals surface area contributed by atoms with Crippen molar-refractivity contribution in [1.29, 1.82) is 0 Å². The fourth-order valence-corrected chi connectivity index (χ4v) is 2.06. The first-order valence-electron chi connectivity index (χ1n) is 7.80. The smallest absolute Gasteiger partial charge is 0.262 e. The number of amides is 1. The zero-order valence-corrected chi connectivity index (χ0v) is 14.3. The topological polar surface area (TPSA) is 56.8 Å². The van der Waals surface area contributed by atoms with Gasteiger partial charge in [0.1, 0.15) is 18.1 Å². The van der Waals surface area contributed by atoms with Gasteiger partial charge >= 0.3 is 0 Å². The summed E-state index contributed by atoms with van der Waals surface area (Å²) >= 11 is 0. The summed E-state index contributed by atoms with van der Waals surface area (Å²) < 4.78 is 16.0. The van der Waals surface area contributed by atoms with E-state index < -0.39 is 0 Å². The van der Waals surface area contributed by atoms with Crippen molar-refractivity contribution < 1.29 is 19.0 Å². The van der Waals surface area contributed by atoms with E-state index in [0.29, 0.717) is 30.4 Å². The summed E-state index contributed by atoms with van der Waals surface area (Å²) in [5.41, 5.74) is 2.99. The minimum Gasteiger partial charge on any atom is -0.491 e. The Hall–Kier alpha value is -2.53. The van der Waals surface area contributed by atoms with E-state index in [9.17, 15) is 4.79 Å². The van der Waals surface area contributed by atoms with Crippen LogP contribution in [0.2, 0.25) is 0 Å². The van der Waals surface area contributed by atoms with E-state index in [-0.39, 0.29) is 12.5 Å². The molecule has 1 amide bonds. The molecule has 1 N–H and O–H groups in total. The molecule has 2 aromatic rings. The van der Waals surface area contributed by atoms with Crippen molar-refractivity contribution in [2.45, 2.75) is 13.8 Å². The van der Waals surface area contributed by atoms with Crippen molar-refractivity contribution in [2.24, 2.45) is 0 Å². The standard InChI is InChI=1S/C19H23NO4/c1-14-7-8-18(11-15(14)2)24-13-19(21)20-16-5-4-6-17(12-16)23-10-9-22-3/h4-8,11-12H,9-10,13H2,1-3H3,(H,20,21). The quantitative estimate of drug-likeness (QED) is 0.755. The van der Waals surface area contributed by atoms with Crippen LogP contribution in [0.3, 0.4) is 0 Å². The Kier molecular flexibility index (Phi) is 6.63. The first-order chi connectivity index (χ1) is 11.6. The van der Waals surface area contributed by atoms with Crippen LogP contribution >= 0.6 is 0 Å². The highest BCUT2D eigenvalue weighted by Gasteiger charge is 2.05. The molecule has 0 heterocycles. The molecule has 0 radical (unpaired) electrons. The molecule has 0 aromatic heterocycles. The van der Waals surface area contributed by atoms with Gasteiger partial charge in [-0.05, 0) is 49.2 Å². The van der Waals surface area contributed by atoms with Crippen molar-refractivity contribution in [2.75, 3.05) is 32.2 Å². The van der Waals surface area contributed by atoms with Gasteiger partial charge in [-0.15, -0.1) is 0 Å².